The second-order valence-electron chi connectivity index (χ2n) is 30.2. The Bertz CT molecular complexity index is 2900. The first kappa shape index (κ1) is 83.5. The highest BCUT2D eigenvalue weighted by Gasteiger charge is 2.52. The van der Waals surface area contributed by atoms with Crippen LogP contribution in [-0.2, 0) is 57.5 Å². The fourth-order valence-electron chi connectivity index (χ4n) is 15.8. The van der Waals surface area contributed by atoms with Crippen LogP contribution in [-0.4, -0.2) is 269 Å². The predicted molar refractivity (Wildman–Crippen MR) is 368 cm³/mol. The number of alkyl halides is 6. The lowest BCUT2D eigenvalue weighted by Gasteiger charge is -2.43. The number of halogens is 6. The third-order valence-corrected chi connectivity index (χ3v) is 22.8. The molecule has 101 heavy (non-hydrogen) atoms. The van der Waals surface area contributed by atoms with Gasteiger partial charge >= 0.3 is 6.18 Å². The van der Waals surface area contributed by atoms with Crippen LogP contribution in [0.4, 0.5) is 22.0 Å². The molecule has 0 bridgehead atoms. The van der Waals surface area contributed by atoms with E-state index in [4.69, 9.17) is 11.6 Å². The maximum absolute atomic E-state index is 15.8. The number of carbonyl (C=O) groups is 12. The van der Waals surface area contributed by atoms with Crippen LogP contribution >= 0.6 is 11.6 Å². The van der Waals surface area contributed by atoms with Crippen molar-refractivity contribution in [2.45, 2.75) is 260 Å². The Morgan fingerprint density at radius 2 is 1.22 bits per heavy atom. The van der Waals surface area contributed by atoms with Crippen LogP contribution < -0.4 is 16.0 Å². The van der Waals surface area contributed by atoms with E-state index in [1.54, 1.807) is 18.7 Å². The number of nitrogens with zero attached hydrogens (tertiary/aromatic N) is 9. The molecule has 3 N–H and O–H groups in total. The number of likely N-dealkylation sites (tertiary alicyclic amines) is 1. The number of rotatable bonds is 14. The van der Waals surface area contributed by atoms with Crippen LogP contribution in [0.2, 0.25) is 0 Å². The highest BCUT2D eigenvalue weighted by Crippen LogP contribution is 2.44. The number of hydrogen-bond donors (Lipinski definition) is 3. The summed E-state index contributed by atoms with van der Waals surface area (Å²) in [5.74, 6) is -11.6. The Labute approximate surface area is 598 Å². The van der Waals surface area contributed by atoms with E-state index in [9.17, 15) is 50.7 Å². The normalized spacial score (nSPS) is 28.9. The zero-order chi connectivity index (χ0) is 75.0. The number of unbranched alkanes of at least 4 members (excludes halogenated alkanes) is 1. The highest BCUT2D eigenvalue weighted by molar-refractivity contribution is 6.21. The molecule has 3 unspecified atom stereocenters. The molecule has 3 saturated carbocycles. The number of carbonyl (C=O) groups excluding carboxylic acids is 12. The minimum Gasteiger partial charge on any atom is -0.343 e. The molecule has 0 aromatic carbocycles. The lowest BCUT2D eigenvalue weighted by atomic mass is 9.78. The quantitative estimate of drug-likeness (QED) is 0.0977. The van der Waals surface area contributed by atoms with E-state index in [1.807, 2.05) is 13.8 Å². The van der Waals surface area contributed by atoms with Gasteiger partial charge in [-0.2, -0.15) is 13.2 Å². The van der Waals surface area contributed by atoms with E-state index < -0.39 is 193 Å². The van der Waals surface area contributed by atoms with Crippen molar-refractivity contribution in [3.63, 3.8) is 0 Å². The van der Waals surface area contributed by atoms with Gasteiger partial charge in [0.25, 0.3) is 0 Å². The van der Waals surface area contributed by atoms with Crippen LogP contribution in [0.25, 0.3) is 0 Å². The minimum absolute atomic E-state index is 0.0245. The maximum Gasteiger partial charge on any atom is 0.393 e. The van der Waals surface area contributed by atoms with E-state index >= 15 is 28.8 Å². The Morgan fingerprint density at radius 3 is 1.82 bits per heavy atom. The molecule has 6 rings (SSSR count). The van der Waals surface area contributed by atoms with E-state index in [1.165, 1.54) is 68.9 Å². The molecule has 3 aliphatic carbocycles. The smallest absolute Gasteiger partial charge is 0.343 e. The second-order valence-corrected chi connectivity index (χ2v) is 30.7. The third kappa shape index (κ3) is 22.1. The summed E-state index contributed by atoms with van der Waals surface area (Å²) in [6, 6.07) is -9.04. The Kier molecular flexibility index (Phi) is 31.3. The first-order chi connectivity index (χ1) is 47.5. The molecule has 24 nitrogen and oxygen atoms in total. The van der Waals surface area contributed by atoms with Crippen LogP contribution in [0, 0.1) is 29.6 Å². The molecule has 3 heterocycles. The van der Waals surface area contributed by atoms with Crippen LogP contribution in [0.1, 0.15) is 195 Å². The van der Waals surface area contributed by atoms with E-state index in [2.05, 4.69) is 16.0 Å². The summed E-state index contributed by atoms with van der Waals surface area (Å²) in [6.45, 7) is 6.03. The molecule has 11 atom stereocenters. The first-order valence-corrected chi connectivity index (χ1v) is 37.3. The van der Waals surface area contributed by atoms with Gasteiger partial charge in [0.1, 0.15) is 47.8 Å². The van der Waals surface area contributed by atoms with E-state index in [0.717, 1.165) is 45.3 Å². The lowest BCUT2D eigenvalue weighted by Crippen LogP contribution is -2.65. The van der Waals surface area contributed by atoms with Crippen LogP contribution in [0.3, 0.4) is 0 Å². The van der Waals surface area contributed by atoms with Crippen molar-refractivity contribution in [2.24, 2.45) is 29.6 Å². The topological polar surface area (TPSA) is 270 Å². The largest absolute Gasteiger partial charge is 0.393 e. The van der Waals surface area contributed by atoms with Gasteiger partial charge in [-0.05, 0) is 133 Å². The number of piperidine rings is 1. The Balaban J connectivity index is 1.42. The molecule has 1 spiro atoms. The minimum atomic E-state index is -4.54. The predicted octanol–water partition coefficient (Wildman–Crippen LogP) is 6.34. The SMILES string of the molecule is CC[C@H](C)[C@@H]1NC(=O)[C@H](CC(C)C)N(C)C(=O)C[C@@H](C(=O)N2CCCCC2)N(C)C(=O)[C@H](C2CCCCC2)N(C)C(=O)C2(CCCC2)NC(=O)[C@@H]2CCCN2C(=O)[C@H](CCC2CCC(C(F)(F)F)C(Cl)C2)NC(=O)CN(C)C(=O)[C@H](CCCCC(F)F)N(C)C(=O)CN(C)C(=O)CN(C)C1=O. The van der Waals surface area contributed by atoms with Crippen LogP contribution in [0.5, 0.6) is 0 Å². The van der Waals surface area contributed by atoms with Gasteiger partial charge in [-0.25, -0.2) is 8.78 Å². The third-order valence-electron chi connectivity index (χ3n) is 22.3. The zero-order valence-electron chi connectivity index (χ0n) is 61.4. The van der Waals surface area contributed by atoms with Crippen LogP contribution in [0.15, 0.2) is 0 Å². The van der Waals surface area contributed by atoms with E-state index in [-0.39, 0.29) is 89.5 Å². The summed E-state index contributed by atoms with van der Waals surface area (Å²) in [5, 5.41) is 7.42. The standard InChI is InChI=1S/C71H114ClF5N12O12/c1-12-45(4)60-67(99)83(7)42-58(92)81(5)43-59(93)84(8)52(26-17-18-28-55(73)74)65(97)82(6)41-56(90)78-50(32-30-46-29-31-48(49(72)39-46)71(75,76)77)64(96)89-37-23-27-51(89)63(95)80-70(33-19-20-34-70)69(101)87(11)61(47-24-15-13-16-25-47)68(100)86(10)54(66(98)88-35-21-14-22-36-88)40-57(91)85(9)53(38-44(2)3)62(94)79-60/h44-55,60-61H,12-43H2,1-11H3,(H,78,90)(H,79,94)(H,80,95)/t45-,46?,48?,49?,50-,51-,52-,53-,54-,60-,61-/m0/s1. The zero-order valence-corrected chi connectivity index (χ0v) is 62.2. The number of amides is 12. The molecule has 6 aliphatic rings. The molecule has 6 fully saturated rings. The van der Waals surface area contributed by atoms with Crippen molar-refractivity contribution < 1.29 is 79.5 Å². The molecule has 3 aliphatic heterocycles. The highest BCUT2D eigenvalue weighted by atomic mass is 35.5. The molecule has 0 aromatic rings. The van der Waals surface area contributed by atoms with Gasteiger partial charge in [-0.15, -0.1) is 11.6 Å². The number of likely N-dealkylation sites (N-methyl/N-ethyl adjacent to an activating group) is 7. The molecule has 3 saturated heterocycles. The molecular formula is C71H114ClF5N12O12. The summed E-state index contributed by atoms with van der Waals surface area (Å²) in [6.07, 6.45) is -0.772. The van der Waals surface area contributed by atoms with Gasteiger partial charge in [0.2, 0.25) is 77.3 Å². The van der Waals surface area contributed by atoms with Crippen molar-refractivity contribution in [1.29, 1.82) is 0 Å². The Hall–Kier alpha value is -6.42. The Morgan fingerprint density at radius 1 is 0.604 bits per heavy atom. The summed E-state index contributed by atoms with van der Waals surface area (Å²) >= 11 is 6.37. The monoisotopic (exact) mass is 1460 g/mol. The molecule has 572 valence electrons. The van der Waals surface area contributed by atoms with Gasteiger partial charge in [-0.3, -0.25) is 57.5 Å². The number of fused-ring (bicyclic) bond motifs is 1. The van der Waals surface area contributed by atoms with Gasteiger partial charge in [0, 0.05) is 80.8 Å². The second kappa shape index (κ2) is 37.8. The van der Waals surface area contributed by atoms with Gasteiger partial charge in [0.15, 0.2) is 0 Å². The van der Waals surface area contributed by atoms with Crippen molar-refractivity contribution in [3.8, 4) is 0 Å². The summed E-state index contributed by atoms with van der Waals surface area (Å²) in [5.41, 5.74) is -1.58. The summed E-state index contributed by atoms with van der Waals surface area (Å²) in [7, 11) is 9.56. The van der Waals surface area contributed by atoms with E-state index in [0.29, 0.717) is 64.5 Å². The van der Waals surface area contributed by atoms with Crippen molar-refractivity contribution >= 4 is 82.5 Å². The van der Waals surface area contributed by atoms with Gasteiger partial charge in [-0.1, -0.05) is 72.6 Å². The fraction of sp³-hybridized carbons (Fsp3) is 0.831. The summed E-state index contributed by atoms with van der Waals surface area (Å²) in [4.78, 5) is 190. The molecule has 30 heteroatoms. The van der Waals surface area contributed by atoms with Gasteiger partial charge < -0.3 is 60.0 Å². The van der Waals surface area contributed by atoms with Gasteiger partial charge in [0.05, 0.1) is 32.0 Å². The van der Waals surface area contributed by atoms with Crippen molar-refractivity contribution in [2.75, 3.05) is 88.6 Å². The van der Waals surface area contributed by atoms with Crippen molar-refractivity contribution in [3.05, 3.63) is 0 Å². The molecule has 12 amide bonds. The maximum atomic E-state index is 15.8. The number of nitrogens with one attached hydrogen (secondary N) is 3. The van der Waals surface area contributed by atoms with Crippen molar-refractivity contribution in [1.82, 2.24) is 60.0 Å². The molecule has 0 aromatic heterocycles. The summed E-state index contributed by atoms with van der Waals surface area (Å²) < 4.78 is 68.8. The molecule has 0 radical (unpaired) electrons. The molecular weight excluding hydrogens is 1340 g/mol. The first-order valence-electron chi connectivity index (χ1n) is 36.8. The average Bonchev–Trinajstić information content (AvgIpc) is 1.76. The average molecular weight is 1460 g/mol. The lowest BCUT2D eigenvalue weighted by molar-refractivity contribution is -0.182. The number of hydrogen-bond acceptors (Lipinski definition) is 12. The fourth-order valence-corrected chi connectivity index (χ4v) is 16.3.